The van der Waals surface area contributed by atoms with E-state index in [2.05, 4.69) is 49.8 Å². The molecule has 3 aromatic rings. The molecule has 2 aliphatic carbocycles. The van der Waals surface area contributed by atoms with Gasteiger partial charge in [-0.15, -0.1) is 0 Å². The number of nitrogens with zero attached hydrogens (tertiary/aromatic N) is 5. The fourth-order valence-electron chi connectivity index (χ4n) is 4.31. The van der Waals surface area contributed by atoms with Crippen molar-refractivity contribution >= 4 is 23.7 Å². The molecule has 3 heterocycles. The summed E-state index contributed by atoms with van der Waals surface area (Å²) in [5, 5.41) is 24.5. The smallest absolute Gasteiger partial charge is 0.326 e. The van der Waals surface area contributed by atoms with Crippen molar-refractivity contribution in [1.82, 2.24) is 40.2 Å². The predicted octanol–water partition coefficient (Wildman–Crippen LogP) is 0.524. The molecule has 198 valence electrons. The molecule has 0 saturated heterocycles. The van der Waals surface area contributed by atoms with Crippen molar-refractivity contribution in [3.05, 3.63) is 33.2 Å². The molecule has 0 aromatic carbocycles. The van der Waals surface area contributed by atoms with Gasteiger partial charge in [-0.3, -0.25) is 4.98 Å². The van der Waals surface area contributed by atoms with Gasteiger partial charge in [-0.25, -0.2) is 14.6 Å². The van der Waals surface area contributed by atoms with Crippen LogP contribution in [0.2, 0.25) is 0 Å². The number of urea groups is 1. The molecule has 37 heavy (non-hydrogen) atoms. The van der Waals surface area contributed by atoms with Crippen molar-refractivity contribution in [3.8, 4) is 5.88 Å². The van der Waals surface area contributed by atoms with Crippen LogP contribution in [0, 0.1) is 5.92 Å². The number of carbonyl (C=O) groups is 1. The number of hydrogen-bond acceptors (Lipinski definition) is 8. The zero-order valence-electron chi connectivity index (χ0n) is 21.3. The van der Waals surface area contributed by atoms with E-state index in [-0.39, 0.29) is 41.8 Å². The number of amides is 2. The molecule has 6 N–H and O–H groups in total. The molecule has 13 heteroatoms. The van der Waals surface area contributed by atoms with Crippen molar-refractivity contribution < 1.29 is 9.90 Å². The van der Waals surface area contributed by atoms with Crippen molar-refractivity contribution in [3.63, 3.8) is 0 Å². The third kappa shape index (κ3) is 5.92. The van der Waals surface area contributed by atoms with Crippen molar-refractivity contribution in [2.24, 2.45) is 10.9 Å². The highest BCUT2D eigenvalue weighted by Gasteiger charge is 2.25. The van der Waals surface area contributed by atoms with E-state index in [0.29, 0.717) is 28.4 Å². The molecular formula is C24H34N10O3. The van der Waals surface area contributed by atoms with Gasteiger partial charge in [0.1, 0.15) is 5.69 Å². The summed E-state index contributed by atoms with van der Waals surface area (Å²) in [6, 6.07) is 0.532. The number of nitrogens with one attached hydrogen (secondary N) is 5. The summed E-state index contributed by atoms with van der Waals surface area (Å²) >= 11 is 0. The molecule has 2 aliphatic rings. The summed E-state index contributed by atoms with van der Waals surface area (Å²) in [6.45, 7) is 6.18. The molecule has 0 radical (unpaired) electrons. The van der Waals surface area contributed by atoms with Crippen LogP contribution in [-0.2, 0) is 0 Å². The summed E-state index contributed by atoms with van der Waals surface area (Å²) in [5.74, 6) is 0.579. The first kappa shape index (κ1) is 24.8. The van der Waals surface area contributed by atoms with Crippen molar-refractivity contribution in [2.75, 3.05) is 5.32 Å². The van der Waals surface area contributed by atoms with Gasteiger partial charge in [0.25, 0.3) is 5.62 Å². The largest absolute Gasteiger partial charge is 0.493 e. The Bertz CT molecular complexity index is 1440. The maximum absolute atomic E-state index is 12.3. The van der Waals surface area contributed by atoms with Crippen LogP contribution in [0.1, 0.15) is 65.0 Å². The number of rotatable bonds is 7. The molecule has 0 spiro atoms. The molecule has 2 fully saturated rings. The molecule has 1 atom stereocenters. The Labute approximate surface area is 212 Å². The molecule has 2 saturated carbocycles. The second kappa shape index (κ2) is 10.2. The predicted molar refractivity (Wildman–Crippen MR) is 137 cm³/mol. The Kier molecular flexibility index (Phi) is 6.85. The Hall–Kier alpha value is -3.90. The molecule has 13 nitrogen and oxygen atoms in total. The highest BCUT2D eigenvalue weighted by atomic mass is 16.3. The van der Waals surface area contributed by atoms with E-state index >= 15 is 0 Å². The zero-order chi connectivity index (χ0) is 26.1. The van der Waals surface area contributed by atoms with E-state index in [4.69, 9.17) is 9.98 Å². The first-order valence-corrected chi connectivity index (χ1v) is 12.9. The average Bonchev–Trinajstić information content (AvgIpc) is 3.48. The van der Waals surface area contributed by atoms with Gasteiger partial charge in [0.05, 0.1) is 12.2 Å². The summed E-state index contributed by atoms with van der Waals surface area (Å²) in [7, 11) is 0. The maximum atomic E-state index is 12.3. The van der Waals surface area contributed by atoms with Gasteiger partial charge in [0.15, 0.2) is 5.65 Å². The van der Waals surface area contributed by atoms with Crippen LogP contribution >= 0.6 is 0 Å². The Morgan fingerprint density at radius 3 is 2.51 bits per heavy atom. The maximum Gasteiger partial charge on any atom is 0.326 e. The van der Waals surface area contributed by atoms with Crippen molar-refractivity contribution in [2.45, 2.75) is 83.5 Å². The van der Waals surface area contributed by atoms with Crippen LogP contribution in [0.25, 0.3) is 11.7 Å². The quantitative estimate of drug-likeness (QED) is 0.268. The van der Waals surface area contributed by atoms with Gasteiger partial charge in [-0.05, 0) is 57.4 Å². The SMILES string of the molecule is CC(C)C(C)NC(=O)NC1CCC(Nc2nc(=NC3CC3)n3ncc(=Cc4[nH]c(=O)[nH]c4O)c3n2)CC1. The highest BCUT2D eigenvalue weighted by Crippen LogP contribution is 2.23. The molecule has 1 unspecified atom stereocenters. The second-order valence-corrected chi connectivity index (χ2v) is 10.4. The minimum Gasteiger partial charge on any atom is -0.493 e. The zero-order valence-corrected chi connectivity index (χ0v) is 21.3. The molecular weight excluding hydrogens is 476 g/mol. The lowest BCUT2D eigenvalue weighted by Gasteiger charge is -2.30. The lowest BCUT2D eigenvalue weighted by atomic mass is 9.91. The summed E-state index contributed by atoms with van der Waals surface area (Å²) < 4.78 is 1.58. The van der Waals surface area contributed by atoms with Crippen LogP contribution < -0.4 is 32.5 Å². The first-order chi connectivity index (χ1) is 17.7. The number of anilines is 1. The monoisotopic (exact) mass is 510 g/mol. The van der Waals surface area contributed by atoms with E-state index < -0.39 is 5.69 Å². The molecule has 0 bridgehead atoms. The third-order valence-electron chi connectivity index (χ3n) is 7.01. The third-order valence-corrected chi connectivity index (χ3v) is 7.01. The normalized spacial score (nSPS) is 21.9. The molecule has 2 amide bonds. The summed E-state index contributed by atoms with van der Waals surface area (Å²) in [6.07, 6.45) is 8.70. The first-order valence-electron chi connectivity index (χ1n) is 12.9. The van der Waals surface area contributed by atoms with Crippen molar-refractivity contribution in [1.29, 1.82) is 0 Å². The molecule has 0 aliphatic heterocycles. The van der Waals surface area contributed by atoms with Gasteiger partial charge in [-0.1, -0.05) is 13.8 Å². The van der Waals surface area contributed by atoms with E-state index in [0.717, 1.165) is 38.5 Å². The lowest BCUT2D eigenvalue weighted by Crippen LogP contribution is -2.48. The number of H-pyrrole nitrogens is 2. The Morgan fingerprint density at radius 2 is 1.86 bits per heavy atom. The van der Waals surface area contributed by atoms with Crippen LogP contribution in [0.4, 0.5) is 10.7 Å². The van der Waals surface area contributed by atoms with Gasteiger partial charge < -0.3 is 26.0 Å². The van der Waals surface area contributed by atoms with Gasteiger partial charge in [0.2, 0.25) is 11.8 Å². The number of imidazole rings is 1. The van der Waals surface area contributed by atoms with Crippen LogP contribution in [0.5, 0.6) is 5.88 Å². The Morgan fingerprint density at radius 1 is 1.14 bits per heavy atom. The topological polar surface area (TPSA) is 177 Å². The Balaban J connectivity index is 1.32. The number of hydrogen-bond donors (Lipinski definition) is 6. The van der Waals surface area contributed by atoms with Crippen LogP contribution in [-0.4, -0.2) is 64.9 Å². The van der Waals surface area contributed by atoms with E-state index in [9.17, 15) is 14.7 Å². The number of aromatic nitrogens is 6. The van der Waals surface area contributed by atoms with E-state index in [1.165, 1.54) is 0 Å². The minimum atomic E-state index is -0.501. The number of carbonyl (C=O) groups excluding carboxylic acids is 1. The molecule has 5 rings (SSSR count). The summed E-state index contributed by atoms with van der Waals surface area (Å²) in [5.41, 5.74) is 0.724. The fraction of sp³-hybridized carbons (Fsp3) is 0.583. The average molecular weight is 511 g/mol. The van der Waals surface area contributed by atoms with Crippen LogP contribution in [0.15, 0.2) is 16.0 Å². The number of aromatic hydroxyl groups is 1. The van der Waals surface area contributed by atoms with E-state index in [1.807, 2.05) is 6.92 Å². The van der Waals surface area contributed by atoms with E-state index in [1.54, 1.807) is 16.8 Å². The molecule has 3 aromatic heterocycles. The van der Waals surface area contributed by atoms with Gasteiger partial charge >= 0.3 is 11.7 Å². The van der Waals surface area contributed by atoms with Gasteiger partial charge in [-0.2, -0.15) is 19.6 Å². The van der Waals surface area contributed by atoms with Gasteiger partial charge in [0, 0.05) is 23.3 Å². The standard InChI is InChI=1S/C24H34N10O3/c1-12(2)13(3)26-23(36)29-17-8-4-15(5-9-17)27-21-31-19-14(10-18-20(35)32-24(37)30-18)11-25-34(19)22(33-21)28-16-6-7-16/h10-13,15-17,35H,4-9H2,1-3H3,(H2,26,29,36)(H,27,28,33)(H2,30,32,37). The minimum absolute atomic E-state index is 0.114. The highest BCUT2D eigenvalue weighted by molar-refractivity contribution is 5.74. The summed E-state index contributed by atoms with van der Waals surface area (Å²) in [4.78, 5) is 42.7. The second-order valence-electron chi connectivity index (χ2n) is 10.4. The van der Waals surface area contributed by atoms with Crippen LogP contribution in [0.3, 0.4) is 0 Å². The lowest BCUT2D eigenvalue weighted by molar-refractivity contribution is 0.225. The number of aromatic amines is 2. The fourth-order valence-corrected chi connectivity index (χ4v) is 4.31. The number of fused-ring (bicyclic) bond motifs is 1.